The molecule has 2 nitrogen and oxygen atoms in total. The van der Waals surface area contributed by atoms with Crippen molar-refractivity contribution in [1.29, 1.82) is 0 Å². The zero-order valence-corrected chi connectivity index (χ0v) is 22.0. The average Bonchev–Trinajstić information content (AvgIpc) is 3.18. The van der Waals surface area contributed by atoms with Gasteiger partial charge in [0.2, 0.25) is 0 Å². The Morgan fingerprint density at radius 3 is 1.23 bits per heavy atom. The zero-order chi connectivity index (χ0) is 22.1. The average molecular weight is 486 g/mol. The van der Waals surface area contributed by atoms with Crippen LogP contribution in [0.15, 0.2) is 36.4 Å². The molecule has 170 valence electrons. The molecule has 0 saturated heterocycles. The Morgan fingerprint density at radius 2 is 0.903 bits per heavy atom. The summed E-state index contributed by atoms with van der Waals surface area (Å²) >= 11 is 0.416. The molecule has 0 aliphatic rings. The van der Waals surface area contributed by atoms with Gasteiger partial charge in [-0.15, -0.1) is 0 Å². The van der Waals surface area contributed by atoms with Crippen LogP contribution in [0.4, 0.5) is 11.4 Å². The van der Waals surface area contributed by atoms with Crippen LogP contribution in [-0.4, -0.2) is 40.7 Å². The van der Waals surface area contributed by atoms with Gasteiger partial charge in [0, 0.05) is 0 Å². The van der Waals surface area contributed by atoms with Crippen LogP contribution in [0.3, 0.4) is 0 Å². The molecule has 3 aromatic rings. The first-order valence-electron chi connectivity index (χ1n) is 12.7. The van der Waals surface area contributed by atoms with E-state index in [2.05, 4.69) is 73.9 Å². The SMILES string of the molecule is CCCCN(CCCC)c1cccc2[se]c3cccc(N(CCCC)CCCC)c3c12. The molecule has 2 aromatic carbocycles. The molecular formula is C28H42N2Se. The monoisotopic (exact) mass is 486 g/mol. The summed E-state index contributed by atoms with van der Waals surface area (Å²) < 4.78 is 3.16. The van der Waals surface area contributed by atoms with Gasteiger partial charge in [0.15, 0.2) is 0 Å². The number of anilines is 2. The number of benzene rings is 2. The fourth-order valence-electron chi connectivity index (χ4n) is 4.46. The first-order valence-corrected chi connectivity index (χ1v) is 14.4. The Morgan fingerprint density at radius 1 is 0.548 bits per heavy atom. The predicted octanol–water partition coefficient (Wildman–Crippen LogP) is 7.86. The Kier molecular flexibility index (Phi) is 9.81. The molecule has 3 rings (SSSR count). The molecule has 0 spiro atoms. The van der Waals surface area contributed by atoms with Crippen molar-refractivity contribution in [2.45, 2.75) is 79.1 Å². The van der Waals surface area contributed by atoms with Gasteiger partial charge in [-0.25, -0.2) is 0 Å². The van der Waals surface area contributed by atoms with E-state index in [4.69, 9.17) is 0 Å². The minimum atomic E-state index is 0.416. The normalized spacial score (nSPS) is 11.5. The second-order valence-electron chi connectivity index (χ2n) is 8.79. The molecule has 0 saturated carbocycles. The second kappa shape index (κ2) is 12.6. The van der Waals surface area contributed by atoms with Crippen LogP contribution >= 0.6 is 0 Å². The van der Waals surface area contributed by atoms with Gasteiger partial charge in [-0.1, -0.05) is 0 Å². The van der Waals surface area contributed by atoms with E-state index in [9.17, 15) is 0 Å². The number of nitrogens with zero attached hydrogens (tertiary/aromatic N) is 2. The quantitative estimate of drug-likeness (QED) is 0.214. The maximum absolute atomic E-state index is 2.69. The van der Waals surface area contributed by atoms with Crippen LogP contribution < -0.4 is 9.80 Å². The number of unbranched alkanes of at least 4 members (excludes halogenated alkanes) is 4. The van der Waals surface area contributed by atoms with Gasteiger partial charge in [-0.05, 0) is 0 Å². The van der Waals surface area contributed by atoms with E-state index in [0.29, 0.717) is 14.5 Å². The third-order valence-electron chi connectivity index (χ3n) is 6.29. The predicted molar refractivity (Wildman–Crippen MR) is 142 cm³/mol. The number of rotatable bonds is 14. The molecule has 0 fully saturated rings. The molecule has 1 aromatic heterocycles. The zero-order valence-electron chi connectivity index (χ0n) is 20.3. The molecule has 0 radical (unpaired) electrons. The summed E-state index contributed by atoms with van der Waals surface area (Å²) in [6.07, 6.45) is 10.1. The molecule has 1 heterocycles. The van der Waals surface area contributed by atoms with Gasteiger partial charge in [0.25, 0.3) is 0 Å². The summed E-state index contributed by atoms with van der Waals surface area (Å²) in [5, 5.41) is 3.11. The molecule has 0 aliphatic heterocycles. The number of hydrogen-bond acceptors (Lipinski definition) is 2. The molecule has 3 heteroatoms. The van der Waals surface area contributed by atoms with Crippen molar-refractivity contribution in [3.63, 3.8) is 0 Å². The molecule has 0 bridgehead atoms. The fourth-order valence-corrected chi connectivity index (χ4v) is 6.87. The van der Waals surface area contributed by atoms with Gasteiger partial charge < -0.3 is 0 Å². The maximum atomic E-state index is 2.69. The Balaban J connectivity index is 2.15. The fraction of sp³-hybridized carbons (Fsp3) is 0.571. The van der Waals surface area contributed by atoms with Crippen molar-refractivity contribution in [3.8, 4) is 0 Å². The van der Waals surface area contributed by atoms with E-state index < -0.39 is 0 Å². The summed E-state index contributed by atoms with van der Waals surface area (Å²) in [7, 11) is 0. The van der Waals surface area contributed by atoms with E-state index >= 15 is 0 Å². The molecule has 0 N–H and O–H groups in total. The summed E-state index contributed by atoms with van der Waals surface area (Å²) in [5.41, 5.74) is 2.97. The van der Waals surface area contributed by atoms with Gasteiger partial charge in [0.1, 0.15) is 0 Å². The molecule has 0 atom stereocenters. The standard InChI is InChI=1S/C28H42N2Se/c1-5-9-19-29(20-10-6-2)23-15-13-17-25-27(23)28-24(16-14-18-26(28)31-25)30(21-11-7-3)22-12-8-4/h13-18H,5-12,19-22H2,1-4H3. The topological polar surface area (TPSA) is 6.48 Å². The Labute approximate surface area is 196 Å². The van der Waals surface area contributed by atoms with E-state index in [1.54, 1.807) is 19.3 Å². The van der Waals surface area contributed by atoms with Crippen LogP contribution in [0, 0.1) is 0 Å². The van der Waals surface area contributed by atoms with E-state index in [-0.39, 0.29) is 0 Å². The van der Waals surface area contributed by atoms with Gasteiger partial charge in [-0.2, -0.15) is 0 Å². The van der Waals surface area contributed by atoms with Crippen LogP contribution in [-0.2, 0) is 0 Å². The summed E-state index contributed by atoms with van der Waals surface area (Å²) in [6, 6.07) is 14.2. The first-order chi connectivity index (χ1) is 15.2. The molecular weight excluding hydrogens is 443 g/mol. The van der Waals surface area contributed by atoms with E-state index in [0.717, 1.165) is 0 Å². The Bertz CT molecular complexity index is 839. The molecule has 0 unspecified atom stereocenters. The summed E-state index contributed by atoms with van der Waals surface area (Å²) in [6.45, 7) is 13.9. The van der Waals surface area contributed by atoms with Gasteiger partial charge in [-0.3, -0.25) is 0 Å². The number of hydrogen-bond donors (Lipinski definition) is 0. The Hall–Kier alpha value is -1.44. The third-order valence-corrected chi connectivity index (χ3v) is 8.64. The first kappa shape index (κ1) is 24.2. The number of fused-ring (bicyclic) bond motifs is 3. The van der Waals surface area contributed by atoms with Gasteiger partial charge in [0.05, 0.1) is 0 Å². The summed E-state index contributed by atoms with van der Waals surface area (Å²) in [4.78, 5) is 5.38. The second-order valence-corrected chi connectivity index (χ2v) is 11.1. The summed E-state index contributed by atoms with van der Waals surface area (Å²) in [5.74, 6) is 0. The molecule has 0 aliphatic carbocycles. The van der Waals surface area contributed by atoms with Crippen molar-refractivity contribution >= 4 is 45.2 Å². The van der Waals surface area contributed by atoms with Gasteiger partial charge >= 0.3 is 197 Å². The van der Waals surface area contributed by atoms with E-state index in [1.807, 2.05) is 0 Å². The van der Waals surface area contributed by atoms with Crippen molar-refractivity contribution in [2.75, 3.05) is 36.0 Å². The van der Waals surface area contributed by atoms with Crippen molar-refractivity contribution in [1.82, 2.24) is 0 Å². The van der Waals surface area contributed by atoms with Crippen molar-refractivity contribution in [3.05, 3.63) is 36.4 Å². The van der Waals surface area contributed by atoms with Crippen LogP contribution in [0.2, 0.25) is 0 Å². The van der Waals surface area contributed by atoms with Crippen LogP contribution in [0.1, 0.15) is 79.1 Å². The molecule has 0 amide bonds. The van der Waals surface area contributed by atoms with E-state index in [1.165, 1.54) is 88.9 Å². The minimum absolute atomic E-state index is 0.416. The van der Waals surface area contributed by atoms with Crippen LogP contribution in [0.5, 0.6) is 0 Å². The third kappa shape index (κ3) is 5.87. The molecule has 31 heavy (non-hydrogen) atoms. The van der Waals surface area contributed by atoms with Crippen molar-refractivity contribution < 1.29 is 0 Å². The van der Waals surface area contributed by atoms with Crippen molar-refractivity contribution in [2.24, 2.45) is 0 Å². The van der Waals surface area contributed by atoms with Crippen LogP contribution in [0.25, 0.3) is 19.3 Å².